The summed E-state index contributed by atoms with van der Waals surface area (Å²) in [5.41, 5.74) is 7.93. The van der Waals surface area contributed by atoms with Crippen molar-refractivity contribution in [2.45, 2.75) is 30.3 Å². The normalized spacial score (nSPS) is 20.9. The highest BCUT2D eigenvalue weighted by atomic mass is 32.2. The summed E-state index contributed by atoms with van der Waals surface area (Å²) in [5.74, 6) is -1.44. The fourth-order valence-electron chi connectivity index (χ4n) is 3.73. The number of piperidine rings is 1. The van der Waals surface area contributed by atoms with Gasteiger partial charge in [0.1, 0.15) is 10.9 Å². The molecule has 31 heavy (non-hydrogen) atoms. The van der Waals surface area contributed by atoms with Crippen LogP contribution >= 0.6 is 0 Å². The maximum atomic E-state index is 12.3. The first-order chi connectivity index (χ1) is 14.7. The van der Waals surface area contributed by atoms with Gasteiger partial charge in [-0.25, -0.2) is 13.1 Å². The number of carbonyl (C=O) groups excluding carboxylic acids is 4. The monoisotopic (exact) mass is 442 g/mol. The minimum absolute atomic E-state index is 0.0648. The van der Waals surface area contributed by atoms with Crippen LogP contribution in [0.25, 0.3) is 0 Å². The highest BCUT2D eigenvalue weighted by molar-refractivity contribution is 7.90. The Morgan fingerprint density at radius 2 is 1.68 bits per heavy atom. The van der Waals surface area contributed by atoms with Gasteiger partial charge in [-0.15, -0.1) is 0 Å². The molecule has 0 aliphatic carbocycles. The van der Waals surface area contributed by atoms with Crippen LogP contribution in [-0.2, 0) is 26.2 Å². The van der Waals surface area contributed by atoms with Crippen molar-refractivity contribution in [2.75, 3.05) is 5.73 Å². The molecule has 10 nitrogen and oxygen atoms in total. The second kappa shape index (κ2) is 7.51. The molecule has 4 amide bonds. The van der Waals surface area contributed by atoms with Crippen molar-refractivity contribution in [1.29, 1.82) is 0 Å². The van der Waals surface area contributed by atoms with E-state index in [4.69, 9.17) is 5.73 Å². The van der Waals surface area contributed by atoms with Gasteiger partial charge in [-0.1, -0.05) is 18.2 Å². The number of rotatable bonds is 1. The predicted molar refractivity (Wildman–Crippen MR) is 108 cm³/mol. The second-order valence-electron chi connectivity index (χ2n) is 7.20. The Kier molecular flexibility index (Phi) is 4.97. The summed E-state index contributed by atoms with van der Waals surface area (Å²) in [6.07, 6.45) is 0.621. The van der Waals surface area contributed by atoms with Gasteiger partial charge in [-0.05, 0) is 30.7 Å². The molecule has 5 rings (SSSR count). The van der Waals surface area contributed by atoms with E-state index in [-0.39, 0.29) is 28.7 Å². The van der Waals surface area contributed by atoms with E-state index in [2.05, 4.69) is 5.32 Å². The SMILES string of the molecule is Nc1cccc2c1CN(C1CCC(=O)NC1=O)C2=O.O=C1NS(=O)(=O)c2ccccc21. The predicted octanol–water partition coefficient (Wildman–Crippen LogP) is 0.149. The third kappa shape index (κ3) is 3.63. The van der Waals surface area contributed by atoms with Crippen LogP contribution in [0.4, 0.5) is 5.69 Å². The van der Waals surface area contributed by atoms with Crippen molar-refractivity contribution in [3.05, 3.63) is 59.2 Å². The number of imide groups is 1. The minimum Gasteiger partial charge on any atom is -0.398 e. The molecule has 3 aliphatic heterocycles. The van der Waals surface area contributed by atoms with E-state index in [9.17, 15) is 27.6 Å². The Hall–Kier alpha value is -3.73. The molecule has 11 heteroatoms. The Morgan fingerprint density at radius 3 is 2.35 bits per heavy atom. The fraction of sp³-hybridized carbons (Fsp3) is 0.200. The van der Waals surface area contributed by atoms with Gasteiger partial charge in [-0.2, -0.15) is 0 Å². The zero-order valence-corrected chi connectivity index (χ0v) is 16.9. The molecular formula is C20H18N4O6S. The van der Waals surface area contributed by atoms with Gasteiger partial charge in [0.15, 0.2) is 0 Å². The lowest BCUT2D eigenvalue weighted by atomic mass is 10.0. The molecule has 1 atom stereocenters. The molecule has 4 N–H and O–H groups in total. The molecule has 2 aromatic rings. The molecule has 0 saturated carbocycles. The molecule has 1 saturated heterocycles. The summed E-state index contributed by atoms with van der Waals surface area (Å²) >= 11 is 0. The third-order valence-corrected chi connectivity index (χ3v) is 6.66. The molecule has 0 aromatic heterocycles. The summed E-state index contributed by atoms with van der Waals surface area (Å²) < 4.78 is 24.2. The minimum atomic E-state index is -3.55. The van der Waals surface area contributed by atoms with Crippen LogP contribution in [0, 0.1) is 0 Å². The van der Waals surface area contributed by atoms with Gasteiger partial charge in [0.25, 0.3) is 21.8 Å². The number of hydrogen-bond donors (Lipinski definition) is 3. The van der Waals surface area contributed by atoms with Crippen molar-refractivity contribution in [3.63, 3.8) is 0 Å². The van der Waals surface area contributed by atoms with Gasteiger partial charge in [-0.3, -0.25) is 24.5 Å². The molecule has 0 radical (unpaired) electrons. The van der Waals surface area contributed by atoms with E-state index >= 15 is 0 Å². The van der Waals surface area contributed by atoms with E-state index in [0.29, 0.717) is 24.2 Å². The van der Waals surface area contributed by atoms with Crippen LogP contribution in [0.2, 0.25) is 0 Å². The summed E-state index contributed by atoms with van der Waals surface area (Å²) in [6, 6.07) is 10.7. The molecule has 1 fully saturated rings. The molecular weight excluding hydrogens is 424 g/mol. The highest BCUT2D eigenvalue weighted by Crippen LogP contribution is 2.30. The number of nitrogens with two attached hydrogens (primary N) is 1. The van der Waals surface area contributed by atoms with Crippen molar-refractivity contribution in [3.8, 4) is 0 Å². The zero-order chi connectivity index (χ0) is 22.3. The number of amides is 4. The number of anilines is 1. The molecule has 160 valence electrons. The van der Waals surface area contributed by atoms with Crippen LogP contribution in [-0.4, -0.2) is 43.0 Å². The van der Waals surface area contributed by atoms with E-state index in [0.717, 1.165) is 5.56 Å². The first-order valence-corrected chi connectivity index (χ1v) is 10.9. The van der Waals surface area contributed by atoms with Crippen LogP contribution < -0.4 is 15.8 Å². The first kappa shape index (κ1) is 20.5. The van der Waals surface area contributed by atoms with E-state index in [1.165, 1.54) is 17.0 Å². The standard InChI is InChI=1S/C13H13N3O3.C7H5NO3S/c14-9-3-1-2-7-8(9)6-16(13(7)19)10-4-5-11(17)15-12(10)18;9-7-5-3-1-2-4-6(5)12(10,11)8-7/h1-3,10H,4-6,14H2,(H,15,17,18);1-4H,(H,8,9). The van der Waals surface area contributed by atoms with E-state index < -0.39 is 27.9 Å². The fourth-order valence-corrected chi connectivity index (χ4v) is 4.90. The van der Waals surface area contributed by atoms with Gasteiger partial charge in [0, 0.05) is 29.8 Å². The average Bonchev–Trinajstić information content (AvgIpc) is 3.17. The Morgan fingerprint density at radius 1 is 0.968 bits per heavy atom. The number of carbonyl (C=O) groups is 4. The lowest BCUT2D eigenvalue weighted by molar-refractivity contribution is -0.136. The van der Waals surface area contributed by atoms with E-state index in [1.54, 1.807) is 30.3 Å². The van der Waals surface area contributed by atoms with Gasteiger partial charge >= 0.3 is 0 Å². The maximum Gasteiger partial charge on any atom is 0.266 e. The first-order valence-electron chi connectivity index (χ1n) is 9.37. The number of benzene rings is 2. The summed E-state index contributed by atoms with van der Waals surface area (Å²) in [4.78, 5) is 47.8. The van der Waals surface area contributed by atoms with Gasteiger partial charge < -0.3 is 10.6 Å². The molecule has 2 aromatic carbocycles. The number of sulfonamides is 1. The lowest BCUT2D eigenvalue weighted by Crippen LogP contribution is -2.52. The topological polar surface area (TPSA) is 156 Å². The lowest BCUT2D eigenvalue weighted by Gasteiger charge is -2.29. The zero-order valence-electron chi connectivity index (χ0n) is 16.1. The molecule has 3 aliphatic rings. The molecule has 0 bridgehead atoms. The number of fused-ring (bicyclic) bond motifs is 2. The Balaban J connectivity index is 0.000000166. The number of nitrogens with zero attached hydrogens (tertiary/aromatic N) is 1. The number of hydrogen-bond acceptors (Lipinski definition) is 7. The quantitative estimate of drug-likeness (QED) is 0.419. The Labute approximate surface area is 177 Å². The van der Waals surface area contributed by atoms with Crippen LogP contribution in [0.1, 0.15) is 39.1 Å². The van der Waals surface area contributed by atoms with Crippen molar-refractivity contribution in [2.24, 2.45) is 0 Å². The summed E-state index contributed by atoms with van der Waals surface area (Å²) in [6.45, 7) is 0.327. The number of nitrogen functional groups attached to an aromatic ring is 1. The van der Waals surface area contributed by atoms with E-state index in [1.807, 2.05) is 4.72 Å². The second-order valence-corrected chi connectivity index (χ2v) is 8.85. The van der Waals surface area contributed by atoms with Gasteiger partial charge in [0.2, 0.25) is 11.8 Å². The number of nitrogens with one attached hydrogen (secondary N) is 2. The van der Waals surface area contributed by atoms with Crippen LogP contribution in [0.3, 0.4) is 0 Å². The molecule has 0 spiro atoms. The molecule has 3 heterocycles. The third-order valence-electron chi connectivity index (χ3n) is 5.27. The summed E-state index contributed by atoms with van der Waals surface area (Å²) in [7, 11) is -3.55. The van der Waals surface area contributed by atoms with Crippen molar-refractivity contribution < 1.29 is 27.6 Å². The van der Waals surface area contributed by atoms with Crippen LogP contribution in [0.5, 0.6) is 0 Å². The Bertz CT molecular complexity index is 1240. The maximum absolute atomic E-state index is 12.3. The average molecular weight is 442 g/mol. The molecule has 1 unspecified atom stereocenters. The van der Waals surface area contributed by atoms with Crippen molar-refractivity contribution >= 4 is 39.3 Å². The van der Waals surface area contributed by atoms with Gasteiger partial charge in [0.05, 0.1) is 5.56 Å². The summed E-state index contributed by atoms with van der Waals surface area (Å²) in [5, 5.41) is 2.27. The largest absolute Gasteiger partial charge is 0.398 e. The van der Waals surface area contributed by atoms with Crippen LogP contribution in [0.15, 0.2) is 47.4 Å². The smallest absolute Gasteiger partial charge is 0.266 e. The highest BCUT2D eigenvalue weighted by Gasteiger charge is 2.39. The van der Waals surface area contributed by atoms with Crippen molar-refractivity contribution in [1.82, 2.24) is 14.9 Å².